The van der Waals surface area contributed by atoms with Crippen LogP contribution in [0.1, 0.15) is 27.7 Å². The third-order valence-electron chi connectivity index (χ3n) is 1.25. The zero-order valence-electron chi connectivity index (χ0n) is 7.26. The highest BCUT2D eigenvalue weighted by molar-refractivity contribution is 7.81. The molecule has 0 N–H and O–H groups in total. The zero-order valence-corrected chi connectivity index (χ0v) is 8.15. The summed E-state index contributed by atoms with van der Waals surface area (Å²) >= 11 is 4.20. The van der Waals surface area contributed by atoms with Gasteiger partial charge in [-0.2, -0.15) is 12.6 Å². The topological polar surface area (TPSA) is 12.4 Å². The number of thiol groups is 1. The van der Waals surface area contributed by atoms with Crippen LogP contribution in [0.25, 0.3) is 0 Å². The molecule has 0 atom stereocenters. The Morgan fingerprint density at radius 1 is 1.30 bits per heavy atom. The third-order valence-corrected chi connectivity index (χ3v) is 1.58. The Morgan fingerprint density at radius 3 is 1.90 bits per heavy atom. The molecule has 0 rings (SSSR count). The van der Waals surface area contributed by atoms with Crippen molar-refractivity contribution in [2.45, 2.75) is 33.7 Å². The van der Waals surface area contributed by atoms with Crippen LogP contribution in [0.2, 0.25) is 0 Å². The van der Waals surface area contributed by atoms with E-state index in [2.05, 4.69) is 45.3 Å². The maximum atomic E-state index is 4.44. The minimum absolute atomic E-state index is 0.407. The molecule has 0 aliphatic rings. The fourth-order valence-corrected chi connectivity index (χ4v) is 1.15. The van der Waals surface area contributed by atoms with E-state index in [4.69, 9.17) is 0 Å². The Bertz CT molecular complexity index is 116. The van der Waals surface area contributed by atoms with E-state index < -0.39 is 0 Å². The number of hydrogen-bond donors (Lipinski definition) is 1. The van der Waals surface area contributed by atoms with Gasteiger partial charge in [0, 0.05) is 17.5 Å². The van der Waals surface area contributed by atoms with E-state index in [0.717, 1.165) is 5.75 Å². The second-order valence-electron chi connectivity index (χ2n) is 3.03. The van der Waals surface area contributed by atoms with Crippen LogP contribution in [0.3, 0.4) is 0 Å². The lowest BCUT2D eigenvalue weighted by molar-refractivity contribution is 0.795. The molecule has 0 heterocycles. The molecule has 0 bridgehead atoms. The second kappa shape index (κ2) is 4.78. The van der Waals surface area contributed by atoms with Gasteiger partial charge in [-0.25, -0.2) is 0 Å². The summed E-state index contributed by atoms with van der Waals surface area (Å²) in [6, 6.07) is 0.407. The fourth-order valence-electron chi connectivity index (χ4n) is 0.704. The van der Waals surface area contributed by atoms with Gasteiger partial charge >= 0.3 is 0 Å². The fraction of sp³-hybridized carbons (Fsp3) is 0.875. The number of aliphatic imine (C=N–C) groups is 1. The van der Waals surface area contributed by atoms with Gasteiger partial charge in [0.05, 0.1) is 0 Å². The summed E-state index contributed by atoms with van der Waals surface area (Å²) in [5, 5.41) is 0. The van der Waals surface area contributed by atoms with E-state index in [1.807, 2.05) is 0 Å². The van der Waals surface area contributed by atoms with Gasteiger partial charge in [-0.05, 0) is 19.8 Å². The average molecular weight is 159 g/mol. The van der Waals surface area contributed by atoms with E-state index >= 15 is 0 Å². The SMILES string of the molecule is CC(C)/N=C(/CS)C(C)C. The Labute approximate surface area is 69.3 Å². The van der Waals surface area contributed by atoms with Gasteiger partial charge in [0.1, 0.15) is 0 Å². The van der Waals surface area contributed by atoms with Crippen molar-refractivity contribution in [3.63, 3.8) is 0 Å². The molecule has 60 valence electrons. The molecule has 2 heteroatoms. The number of rotatable bonds is 3. The summed E-state index contributed by atoms with van der Waals surface area (Å²) < 4.78 is 0. The first-order chi connectivity index (χ1) is 4.57. The standard InChI is InChI=1S/C8H17NS/c1-6(2)8(5-10)9-7(3)4/h6-7,10H,5H2,1-4H3/b9-8-. The molecule has 0 fully saturated rings. The molecule has 0 aromatic rings. The molecule has 0 aromatic heterocycles. The van der Waals surface area contributed by atoms with Crippen LogP contribution in [0.15, 0.2) is 4.99 Å². The lowest BCUT2D eigenvalue weighted by atomic mass is 10.1. The van der Waals surface area contributed by atoms with E-state index in [-0.39, 0.29) is 0 Å². The minimum atomic E-state index is 0.407. The Kier molecular flexibility index (Phi) is 4.79. The number of nitrogens with zero attached hydrogens (tertiary/aromatic N) is 1. The van der Waals surface area contributed by atoms with E-state index in [1.54, 1.807) is 0 Å². The lowest BCUT2D eigenvalue weighted by Gasteiger charge is -2.08. The highest BCUT2D eigenvalue weighted by Gasteiger charge is 2.02. The molecular weight excluding hydrogens is 142 g/mol. The zero-order chi connectivity index (χ0) is 8.15. The quantitative estimate of drug-likeness (QED) is 0.479. The molecule has 0 aromatic carbocycles. The van der Waals surface area contributed by atoms with Gasteiger partial charge in [0.15, 0.2) is 0 Å². The molecule has 0 amide bonds. The predicted octanol–water partition coefficient (Wildman–Crippen LogP) is 2.42. The monoisotopic (exact) mass is 159 g/mol. The molecule has 0 aliphatic heterocycles. The van der Waals surface area contributed by atoms with Crippen LogP contribution in [0.4, 0.5) is 0 Å². The normalized spacial score (nSPS) is 13.3. The third kappa shape index (κ3) is 3.94. The highest BCUT2D eigenvalue weighted by atomic mass is 32.1. The van der Waals surface area contributed by atoms with Crippen molar-refractivity contribution in [2.75, 3.05) is 5.75 Å². The molecule has 0 saturated heterocycles. The molecule has 1 nitrogen and oxygen atoms in total. The van der Waals surface area contributed by atoms with Gasteiger partial charge in [0.2, 0.25) is 0 Å². The van der Waals surface area contributed by atoms with Crippen molar-refractivity contribution in [3.8, 4) is 0 Å². The van der Waals surface area contributed by atoms with Crippen LogP contribution >= 0.6 is 12.6 Å². The Hall–Kier alpha value is 0.0200. The summed E-state index contributed by atoms with van der Waals surface area (Å²) in [5.74, 6) is 1.33. The second-order valence-corrected chi connectivity index (χ2v) is 3.34. The first kappa shape index (κ1) is 10.0. The summed E-state index contributed by atoms with van der Waals surface area (Å²) in [6.07, 6.45) is 0. The van der Waals surface area contributed by atoms with Gasteiger partial charge in [-0.15, -0.1) is 0 Å². The molecule has 0 radical (unpaired) electrons. The van der Waals surface area contributed by atoms with Crippen LogP contribution in [0, 0.1) is 5.92 Å². The van der Waals surface area contributed by atoms with Crippen molar-refractivity contribution in [2.24, 2.45) is 10.9 Å². The largest absolute Gasteiger partial charge is 0.290 e. The van der Waals surface area contributed by atoms with Crippen molar-refractivity contribution >= 4 is 18.3 Å². The van der Waals surface area contributed by atoms with Gasteiger partial charge < -0.3 is 0 Å². The van der Waals surface area contributed by atoms with Gasteiger partial charge in [-0.3, -0.25) is 4.99 Å². The van der Waals surface area contributed by atoms with Gasteiger partial charge in [0.25, 0.3) is 0 Å². The van der Waals surface area contributed by atoms with Crippen LogP contribution in [0.5, 0.6) is 0 Å². The molecular formula is C8H17NS. The van der Waals surface area contributed by atoms with Crippen LogP contribution in [-0.2, 0) is 0 Å². The van der Waals surface area contributed by atoms with Crippen molar-refractivity contribution in [3.05, 3.63) is 0 Å². The highest BCUT2D eigenvalue weighted by Crippen LogP contribution is 2.01. The Balaban J connectivity index is 4.04. The van der Waals surface area contributed by atoms with Gasteiger partial charge in [-0.1, -0.05) is 13.8 Å². The first-order valence-corrected chi connectivity index (χ1v) is 4.38. The minimum Gasteiger partial charge on any atom is -0.290 e. The summed E-state index contributed by atoms with van der Waals surface area (Å²) in [7, 11) is 0. The maximum Gasteiger partial charge on any atom is 0.0443 e. The molecule has 0 saturated carbocycles. The molecule has 0 aliphatic carbocycles. The molecule has 0 spiro atoms. The van der Waals surface area contributed by atoms with E-state index in [0.29, 0.717) is 12.0 Å². The summed E-state index contributed by atoms with van der Waals surface area (Å²) in [4.78, 5) is 4.44. The van der Waals surface area contributed by atoms with Crippen molar-refractivity contribution in [1.29, 1.82) is 0 Å². The maximum absolute atomic E-state index is 4.44. The summed E-state index contributed by atoms with van der Waals surface area (Å²) in [6.45, 7) is 8.48. The predicted molar refractivity (Wildman–Crippen MR) is 51.3 cm³/mol. The smallest absolute Gasteiger partial charge is 0.0443 e. The van der Waals surface area contributed by atoms with E-state index in [1.165, 1.54) is 5.71 Å². The average Bonchev–Trinajstić information content (AvgIpc) is 1.81. The Morgan fingerprint density at radius 2 is 1.80 bits per heavy atom. The number of hydrogen-bond acceptors (Lipinski definition) is 2. The van der Waals surface area contributed by atoms with E-state index in [9.17, 15) is 0 Å². The molecule has 0 unspecified atom stereocenters. The van der Waals surface area contributed by atoms with Crippen molar-refractivity contribution in [1.82, 2.24) is 0 Å². The summed E-state index contributed by atoms with van der Waals surface area (Å²) in [5.41, 5.74) is 1.21. The van der Waals surface area contributed by atoms with Crippen molar-refractivity contribution < 1.29 is 0 Å². The van der Waals surface area contributed by atoms with Crippen LogP contribution in [-0.4, -0.2) is 17.5 Å². The molecule has 10 heavy (non-hydrogen) atoms. The first-order valence-electron chi connectivity index (χ1n) is 3.75. The van der Waals surface area contributed by atoms with Crippen LogP contribution < -0.4 is 0 Å². The lowest BCUT2D eigenvalue weighted by Crippen LogP contribution is -2.11.